The van der Waals surface area contributed by atoms with Crippen LogP contribution in [0.25, 0.3) is 33.3 Å². The second kappa shape index (κ2) is 8.60. The number of nitrogens with zero attached hydrogens (tertiary/aromatic N) is 1. The normalized spacial score (nSPS) is 11.1. The molecule has 0 aliphatic rings. The molecular formula is C27H21ClN2O3. The molecule has 0 saturated carbocycles. The van der Waals surface area contributed by atoms with Crippen molar-refractivity contribution in [2.24, 2.45) is 0 Å². The van der Waals surface area contributed by atoms with Gasteiger partial charge in [-0.3, -0.25) is 4.79 Å². The summed E-state index contributed by atoms with van der Waals surface area (Å²) in [4.78, 5) is 17.1. The Morgan fingerprint density at radius 3 is 2.55 bits per heavy atom. The van der Waals surface area contributed by atoms with Crippen molar-refractivity contribution in [2.45, 2.75) is 13.8 Å². The second-order valence-corrected chi connectivity index (χ2v) is 8.41. The van der Waals surface area contributed by atoms with Crippen LogP contribution in [0.2, 0.25) is 5.02 Å². The Morgan fingerprint density at radius 1 is 0.970 bits per heavy atom. The van der Waals surface area contributed by atoms with Crippen LogP contribution in [0.5, 0.6) is 5.75 Å². The fourth-order valence-corrected chi connectivity index (χ4v) is 4.18. The third-order valence-electron chi connectivity index (χ3n) is 5.34. The van der Waals surface area contributed by atoms with Crippen LogP contribution >= 0.6 is 11.6 Å². The number of anilines is 1. The predicted molar refractivity (Wildman–Crippen MR) is 132 cm³/mol. The fourth-order valence-electron chi connectivity index (χ4n) is 3.94. The van der Waals surface area contributed by atoms with E-state index in [0.29, 0.717) is 33.4 Å². The minimum absolute atomic E-state index is 0.0816. The van der Waals surface area contributed by atoms with E-state index in [1.165, 1.54) is 0 Å². The van der Waals surface area contributed by atoms with Crippen LogP contribution in [0.4, 0.5) is 5.69 Å². The van der Waals surface area contributed by atoms with Gasteiger partial charge in [-0.15, -0.1) is 0 Å². The summed E-state index contributed by atoms with van der Waals surface area (Å²) in [7, 11) is 0. The number of halogens is 1. The lowest BCUT2D eigenvalue weighted by atomic mass is 10.0. The van der Waals surface area contributed by atoms with E-state index in [2.05, 4.69) is 16.4 Å². The number of carbonyl (C=O) groups excluding carboxylic acids is 1. The predicted octanol–water partition coefficient (Wildman–Crippen LogP) is 6.94. The molecule has 0 unspecified atom stereocenters. The highest BCUT2D eigenvalue weighted by Crippen LogP contribution is 2.34. The molecule has 1 aromatic heterocycles. The monoisotopic (exact) mass is 456 g/mol. The first-order chi connectivity index (χ1) is 16.0. The van der Waals surface area contributed by atoms with Gasteiger partial charge >= 0.3 is 0 Å². The summed E-state index contributed by atoms with van der Waals surface area (Å²) in [6.45, 7) is 3.91. The lowest BCUT2D eigenvalue weighted by Crippen LogP contribution is -2.20. The Morgan fingerprint density at radius 2 is 1.73 bits per heavy atom. The van der Waals surface area contributed by atoms with Gasteiger partial charge in [-0.1, -0.05) is 41.9 Å². The first-order valence-corrected chi connectivity index (χ1v) is 10.9. The quantitative estimate of drug-likeness (QED) is 0.311. The van der Waals surface area contributed by atoms with E-state index in [1.807, 2.05) is 62.4 Å². The summed E-state index contributed by atoms with van der Waals surface area (Å²) in [6, 6.07) is 22.9. The number of aromatic nitrogens is 1. The van der Waals surface area contributed by atoms with Crippen molar-refractivity contribution in [3.63, 3.8) is 0 Å². The van der Waals surface area contributed by atoms with Gasteiger partial charge in [0.15, 0.2) is 12.2 Å². The average molecular weight is 457 g/mol. The van der Waals surface area contributed by atoms with Gasteiger partial charge in [-0.2, -0.15) is 0 Å². The molecule has 0 aliphatic carbocycles. The molecule has 5 nitrogen and oxygen atoms in total. The van der Waals surface area contributed by atoms with Gasteiger partial charge in [0.25, 0.3) is 5.91 Å². The molecular weight excluding hydrogens is 436 g/mol. The number of hydrogen-bond donors (Lipinski definition) is 1. The first kappa shape index (κ1) is 21.0. The number of ether oxygens (including phenoxy) is 1. The van der Waals surface area contributed by atoms with Crippen LogP contribution < -0.4 is 10.1 Å². The van der Waals surface area contributed by atoms with E-state index >= 15 is 0 Å². The molecule has 5 aromatic rings. The highest BCUT2D eigenvalue weighted by atomic mass is 35.5. The van der Waals surface area contributed by atoms with Crippen molar-refractivity contribution >= 4 is 45.1 Å². The first-order valence-electron chi connectivity index (χ1n) is 10.6. The molecule has 1 heterocycles. The molecule has 0 aliphatic heterocycles. The van der Waals surface area contributed by atoms with Crippen LogP contribution in [0.15, 0.2) is 77.2 Å². The highest BCUT2D eigenvalue weighted by Gasteiger charge is 2.13. The van der Waals surface area contributed by atoms with E-state index in [0.717, 1.165) is 27.5 Å². The van der Waals surface area contributed by atoms with E-state index in [-0.39, 0.29) is 12.5 Å². The molecule has 33 heavy (non-hydrogen) atoms. The number of carbonyl (C=O) groups is 1. The highest BCUT2D eigenvalue weighted by molar-refractivity contribution is 6.35. The number of aryl methyl sites for hydroxylation is 2. The maximum atomic E-state index is 12.4. The minimum Gasteiger partial charge on any atom is -0.484 e. The summed E-state index contributed by atoms with van der Waals surface area (Å²) in [5.74, 6) is 0.926. The zero-order valence-electron chi connectivity index (χ0n) is 18.2. The zero-order chi connectivity index (χ0) is 22.9. The summed E-state index contributed by atoms with van der Waals surface area (Å²) in [6.07, 6.45) is 0. The molecule has 0 atom stereocenters. The number of nitrogens with one attached hydrogen (secondary N) is 1. The van der Waals surface area contributed by atoms with Crippen LogP contribution in [0, 0.1) is 13.8 Å². The third kappa shape index (κ3) is 4.41. The van der Waals surface area contributed by atoms with Gasteiger partial charge in [-0.05, 0) is 72.8 Å². The summed E-state index contributed by atoms with van der Waals surface area (Å²) in [5, 5.41) is 5.44. The number of benzene rings is 4. The lowest BCUT2D eigenvalue weighted by molar-refractivity contribution is -0.118. The van der Waals surface area contributed by atoms with Gasteiger partial charge < -0.3 is 14.5 Å². The molecule has 6 heteroatoms. The Labute approximate surface area is 196 Å². The molecule has 1 N–H and O–H groups in total. The largest absolute Gasteiger partial charge is 0.484 e. The smallest absolute Gasteiger partial charge is 0.262 e. The Bertz CT molecular complexity index is 1490. The maximum Gasteiger partial charge on any atom is 0.262 e. The Hall–Kier alpha value is -3.83. The molecule has 4 aromatic carbocycles. The number of amides is 1. The van der Waals surface area contributed by atoms with Crippen LogP contribution in [-0.2, 0) is 4.79 Å². The lowest BCUT2D eigenvalue weighted by Gasteiger charge is -2.09. The van der Waals surface area contributed by atoms with Crippen molar-refractivity contribution in [1.29, 1.82) is 0 Å². The second-order valence-electron chi connectivity index (χ2n) is 8.00. The molecule has 1 amide bonds. The molecule has 5 rings (SSSR count). The van der Waals surface area contributed by atoms with Crippen LogP contribution in [0.1, 0.15) is 11.1 Å². The number of oxazole rings is 1. The van der Waals surface area contributed by atoms with Crippen molar-refractivity contribution in [3.8, 4) is 17.2 Å². The average Bonchev–Trinajstić information content (AvgIpc) is 3.20. The van der Waals surface area contributed by atoms with E-state index in [9.17, 15) is 4.79 Å². The molecule has 0 spiro atoms. The summed E-state index contributed by atoms with van der Waals surface area (Å²) < 4.78 is 11.6. The van der Waals surface area contributed by atoms with Crippen molar-refractivity contribution in [1.82, 2.24) is 4.98 Å². The molecule has 0 saturated heterocycles. The number of hydrogen-bond acceptors (Lipinski definition) is 4. The van der Waals surface area contributed by atoms with Crippen molar-refractivity contribution in [2.75, 3.05) is 11.9 Å². The topological polar surface area (TPSA) is 64.4 Å². The fraction of sp³-hybridized carbons (Fsp3) is 0.111. The number of rotatable bonds is 5. The van der Waals surface area contributed by atoms with Crippen molar-refractivity contribution < 1.29 is 13.9 Å². The minimum atomic E-state index is -0.249. The summed E-state index contributed by atoms with van der Waals surface area (Å²) >= 11 is 6.34. The maximum absolute atomic E-state index is 12.4. The van der Waals surface area contributed by atoms with Gasteiger partial charge in [-0.25, -0.2) is 4.98 Å². The van der Waals surface area contributed by atoms with Gasteiger partial charge in [0.1, 0.15) is 11.3 Å². The van der Waals surface area contributed by atoms with Gasteiger partial charge in [0.2, 0.25) is 5.89 Å². The Kier molecular flexibility index (Phi) is 5.48. The molecule has 0 bridgehead atoms. The van der Waals surface area contributed by atoms with Crippen LogP contribution in [0.3, 0.4) is 0 Å². The van der Waals surface area contributed by atoms with E-state index in [1.54, 1.807) is 18.2 Å². The van der Waals surface area contributed by atoms with E-state index in [4.69, 9.17) is 20.8 Å². The molecule has 164 valence electrons. The van der Waals surface area contributed by atoms with E-state index < -0.39 is 0 Å². The summed E-state index contributed by atoms with van der Waals surface area (Å²) in [5.41, 5.74) is 4.94. The standard InChI is InChI=1S/C27H21ClN2O3/c1-16-11-17(2)13-19(12-16)32-15-26(31)29-18-9-10-25-24(14-18)30-27(33-25)22-7-3-6-21-20(22)5-4-8-23(21)28/h3-14H,15H2,1-2H3,(H,29,31). The van der Waals surface area contributed by atoms with Gasteiger partial charge in [0.05, 0.1) is 0 Å². The molecule has 0 fully saturated rings. The van der Waals surface area contributed by atoms with Crippen molar-refractivity contribution in [3.05, 3.63) is 88.9 Å². The van der Waals surface area contributed by atoms with Gasteiger partial charge in [0, 0.05) is 21.7 Å². The molecule has 0 radical (unpaired) electrons. The Balaban J connectivity index is 1.36. The SMILES string of the molecule is Cc1cc(C)cc(OCC(=O)Nc2ccc3oc(-c4cccc5c(Cl)cccc45)nc3c2)c1. The zero-order valence-corrected chi connectivity index (χ0v) is 18.9. The third-order valence-corrected chi connectivity index (χ3v) is 5.67. The van der Waals surface area contributed by atoms with Crippen LogP contribution in [-0.4, -0.2) is 17.5 Å². The number of fused-ring (bicyclic) bond motifs is 2.